The van der Waals surface area contributed by atoms with Gasteiger partial charge in [0.15, 0.2) is 16.6 Å². The molecule has 4 nitrogen and oxygen atoms in total. The van der Waals surface area contributed by atoms with Crippen molar-refractivity contribution in [3.63, 3.8) is 0 Å². The summed E-state index contributed by atoms with van der Waals surface area (Å²) in [6.07, 6.45) is 12.7. The van der Waals surface area contributed by atoms with E-state index in [0.29, 0.717) is 29.5 Å². The van der Waals surface area contributed by atoms with Crippen LogP contribution in [0, 0.1) is 40.4 Å². The van der Waals surface area contributed by atoms with Crippen LogP contribution in [0.25, 0.3) is 0 Å². The summed E-state index contributed by atoms with van der Waals surface area (Å²) in [5, 5.41) is 4.57. The van der Waals surface area contributed by atoms with Gasteiger partial charge in [-0.15, -0.1) is 0 Å². The van der Waals surface area contributed by atoms with Gasteiger partial charge in [-0.05, 0) is 132 Å². The molecule has 0 aromatic rings. The molecule has 0 bridgehead atoms. The van der Waals surface area contributed by atoms with Crippen LogP contribution in [0.15, 0.2) is 5.16 Å². The third-order valence-corrected chi connectivity index (χ3v) is 12.5. The molecule has 8 unspecified atom stereocenters. The van der Waals surface area contributed by atoms with Gasteiger partial charge < -0.3 is 13.7 Å². The second kappa shape index (κ2) is 9.61. The van der Waals surface area contributed by atoms with Crippen molar-refractivity contribution >= 4 is 22.3 Å². The monoisotopic (exact) mass is 507 g/mol. The van der Waals surface area contributed by atoms with E-state index < -0.39 is 16.6 Å². The summed E-state index contributed by atoms with van der Waals surface area (Å²) >= 11 is 0. The van der Waals surface area contributed by atoms with Gasteiger partial charge in [0.2, 0.25) is 0 Å². The van der Waals surface area contributed by atoms with Gasteiger partial charge in [-0.3, -0.25) is 0 Å². The molecule has 34 heavy (non-hydrogen) atoms. The molecular formula is C28H53NO3Si2. The maximum Gasteiger partial charge on any atom is 0.184 e. The predicted molar refractivity (Wildman–Crippen MR) is 147 cm³/mol. The first kappa shape index (κ1) is 26.9. The lowest BCUT2D eigenvalue weighted by Crippen LogP contribution is -2.55. The number of hydrogen-bond acceptors (Lipinski definition) is 4. The topological polar surface area (TPSA) is 40.0 Å². The normalized spacial score (nSPS) is 43.1. The second-order valence-corrected chi connectivity index (χ2v) is 23.6. The van der Waals surface area contributed by atoms with Gasteiger partial charge in [0.05, 0.1) is 12.3 Å². The van der Waals surface area contributed by atoms with Crippen molar-refractivity contribution in [3.05, 3.63) is 0 Å². The van der Waals surface area contributed by atoms with E-state index in [-0.39, 0.29) is 0 Å². The first-order chi connectivity index (χ1) is 15.8. The summed E-state index contributed by atoms with van der Waals surface area (Å²) < 4.78 is 12.9. The number of fused-ring (bicyclic) bond motifs is 5. The number of hydrogen-bond donors (Lipinski definition) is 0. The number of oxime groups is 1. The van der Waals surface area contributed by atoms with Crippen LogP contribution in [0.2, 0.25) is 39.3 Å². The van der Waals surface area contributed by atoms with Crippen molar-refractivity contribution < 1.29 is 13.7 Å². The fourth-order valence-electron chi connectivity index (χ4n) is 8.97. The standard InChI is InChI=1S/C28H53NO3Si2/c1-27-16-14-21(32-34(7,8)9)18-20(27)10-11-22-23-12-13-25(28(23,2)17-15-24(22)27)26(29-30-3)19-31-33(4,5)6/h20-25H,10-19H2,1-9H3/b29-26+. The lowest BCUT2D eigenvalue weighted by atomic mass is 9.44. The minimum atomic E-state index is -1.59. The molecule has 0 aliphatic heterocycles. The molecule has 0 heterocycles. The number of rotatable bonds is 7. The molecule has 4 aliphatic carbocycles. The van der Waals surface area contributed by atoms with Crippen molar-refractivity contribution in [3.8, 4) is 0 Å². The highest BCUT2D eigenvalue weighted by Crippen LogP contribution is 2.67. The summed E-state index contributed by atoms with van der Waals surface area (Å²) in [6, 6.07) is 0. The fraction of sp³-hybridized carbons (Fsp3) is 0.964. The molecule has 0 aromatic carbocycles. The molecule has 0 radical (unpaired) electrons. The van der Waals surface area contributed by atoms with Crippen LogP contribution in [-0.2, 0) is 13.7 Å². The van der Waals surface area contributed by atoms with Crippen LogP contribution < -0.4 is 0 Å². The Labute approximate surface area is 212 Å². The molecule has 0 amide bonds. The molecule has 0 spiro atoms. The summed E-state index contributed by atoms with van der Waals surface area (Å²) in [4.78, 5) is 5.36. The molecule has 196 valence electrons. The molecule has 4 saturated carbocycles. The van der Waals surface area contributed by atoms with E-state index in [2.05, 4.69) is 58.3 Å². The number of nitrogens with zero attached hydrogens (tertiary/aromatic N) is 1. The third-order valence-electron chi connectivity index (χ3n) is 10.4. The first-order valence-electron chi connectivity index (χ1n) is 14.2. The van der Waals surface area contributed by atoms with E-state index in [1.54, 1.807) is 7.11 Å². The minimum Gasteiger partial charge on any atom is -0.415 e. The maximum atomic E-state index is 6.61. The average Bonchev–Trinajstić information content (AvgIpc) is 3.07. The maximum absolute atomic E-state index is 6.61. The van der Waals surface area contributed by atoms with Crippen molar-refractivity contribution in [2.75, 3.05) is 13.7 Å². The van der Waals surface area contributed by atoms with Gasteiger partial charge in [-0.2, -0.15) is 0 Å². The Balaban J connectivity index is 1.49. The largest absolute Gasteiger partial charge is 0.415 e. The summed E-state index contributed by atoms with van der Waals surface area (Å²) in [5.74, 6) is 4.00. The Morgan fingerprint density at radius 3 is 2.15 bits per heavy atom. The van der Waals surface area contributed by atoms with Crippen LogP contribution in [0.4, 0.5) is 0 Å². The summed E-state index contributed by atoms with van der Waals surface area (Å²) in [5.41, 5.74) is 2.05. The molecule has 0 aromatic heterocycles. The van der Waals surface area contributed by atoms with Gasteiger partial charge in [-0.25, -0.2) is 0 Å². The minimum absolute atomic E-state index is 0.350. The fourth-order valence-corrected chi connectivity index (χ4v) is 10.8. The van der Waals surface area contributed by atoms with Gasteiger partial charge in [0, 0.05) is 12.0 Å². The molecule has 4 rings (SSSR count). The van der Waals surface area contributed by atoms with Gasteiger partial charge in [0.1, 0.15) is 7.11 Å². The van der Waals surface area contributed by atoms with Gasteiger partial charge in [-0.1, -0.05) is 19.0 Å². The predicted octanol–water partition coefficient (Wildman–Crippen LogP) is 7.72. The molecule has 4 aliphatic rings. The molecular weight excluding hydrogens is 454 g/mol. The van der Waals surface area contributed by atoms with Crippen LogP contribution >= 0.6 is 0 Å². The van der Waals surface area contributed by atoms with E-state index in [1.807, 2.05) is 0 Å². The van der Waals surface area contributed by atoms with Crippen molar-refractivity contribution in [1.82, 2.24) is 0 Å². The van der Waals surface area contributed by atoms with E-state index in [0.717, 1.165) is 23.7 Å². The highest BCUT2D eigenvalue weighted by molar-refractivity contribution is 6.70. The van der Waals surface area contributed by atoms with Crippen LogP contribution in [-0.4, -0.2) is 42.2 Å². The van der Waals surface area contributed by atoms with Crippen molar-refractivity contribution in [2.24, 2.45) is 45.6 Å². The zero-order chi connectivity index (χ0) is 24.9. The first-order valence-corrected chi connectivity index (χ1v) is 21.0. The molecule has 0 N–H and O–H groups in total. The molecule has 0 saturated heterocycles. The van der Waals surface area contributed by atoms with Crippen molar-refractivity contribution in [1.29, 1.82) is 0 Å². The molecule has 6 heteroatoms. The highest BCUT2D eigenvalue weighted by Gasteiger charge is 2.61. The van der Waals surface area contributed by atoms with Crippen molar-refractivity contribution in [2.45, 2.75) is 117 Å². The van der Waals surface area contributed by atoms with Gasteiger partial charge >= 0.3 is 0 Å². The Bertz CT molecular complexity index is 760. The van der Waals surface area contributed by atoms with Crippen LogP contribution in [0.3, 0.4) is 0 Å². The lowest BCUT2D eigenvalue weighted by molar-refractivity contribution is -0.121. The zero-order valence-corrected chi connectivity index (χ0v) is 25.7. The third kappa shape index (κ3) is 5.26. The lowest BCUT2D eigenvalue weighted by Gasteiger charge is -2.61. The average molecular weight is 508 g/mol. The highest BCUT2D eigenvalue weighted by atomic mass is 28.4. The quantitative estimate of drug-likeness (QED) is 0.201. The van der Waals surface area contributed by atoms with E-state index >= 15 is 0 Å². The van der Waals surface area contributed by atoms with E-state index in [1.165, 1.54) is 63.5 Å². The smallest absolute Gasteiger partial charge is 0.184 e. The Kier molecular flexibility index (Phi) is 7.59. The Morgan fingerprint density at radius 1 is 0.824 bits per heavy atom. The van der Waals surface area contributed by atoms with E-state index in [4.69, 9.17) is 13.7 Å². The zero-order valence-electron chi connectivity index (χ0n) is 23.7. The Morgan fingerprint density at radius 2 is 1.50 bits per heavy atom. The summed E-state index contributed by atoms with van der Waals surface area (Å²) in [6.45, 7) is 19.8. The summed E-state index contributed by atoms with van der Waals surface area (Å²) in [7, 11) is -1.35. The van der Waals surface area contributed by atoms with Crippen LogP contribution in [0.5, 0.6) is 0 Å². The Hall–Kier alpha value is -0.176. The van der Waals surface area contributed by atoms with Gasteiger partial charge in [0.25, 0.3) is 0 Å². The SMILES string of the molecule is CO/N=C(\CO[Si](C)(C)C)C1CCC2C3CCC4CC(O[Si](C)(C)C)CCC4(C)C3CCC12C. The molecule has 8 atom stereocenters. The van der Waals surface area contributed by atoms with Crippen LogP contribution in [0.1, 0.15) is 71.6 Å². The van der Waals surface area contributed by atoms with E-state index in [9.17, 15) is 0 Å². The second-order valence-electron chi connectivity index (χ2n) is 14.6. The molecule has 4 fully saturated rings.